The Balaban J connectivity index is 1.49. The number of rotatable bonds is 11. The summed E-state index contributed by atoms with van der Waals surface area (Å²) in [4.78, 5) is 7.02. The average molecular weight is 393 g/mol. The summed E-state index contributed by atoms with van der Waals surface area (Å²) in [7, 11) is 0. The van der Waals surface area contributed by atoms with Gasteiger partial charge in [-0.15, -0.1) is 0 Å². The summed E-state index contributed by atoms with van der Waals surface area (Å²) in [6.45, 7) is 9.85. The standard InChI is InChI=1S/C25H32N2O2/c1-4-17-27(18-5-2)20(3)16-19-28-22-13-10-21(11-14-22)12-15-25-26-23-8-6-7-9-24(23)29-25/h6-15,20H,4-5,16-19H2,1-3H3. The van der Waals surface area contributed by atoms with E-state index in [2.05, 4.69) is 42.8 Å². The predicted octanol–water partition coefficient (Wildman–Crippen LogP) is 6.28. The van der Waals surface area contributed by atoms with Crippen LogP contribution in [0.1, 0.15) is 51.5 Å². The maximum absolute atomic E-state index is 5.96. The van der Waals surface area contributed by atoms with E-state index in [9.17, 15) is 0 Å². The average Bonchev–Trinajstić information content (AvgIpc) is 3.16. The van der Waals surface area contributed by atoms with Crippen LogP contribution < -0.4 is 4.74 Å². The number of oxazole rings is 1. The first-order valence-corrected chi connectivity index (χ1v) is 10.7. The molecule has 0 amide bonds. The van der Waals surface area contributed by atoms with Crippen molar-refractivity contribution in [2.24, 2.45) is 0 Å². The minimum atomic E-state index is 0.549. The van der Waals surface area contributed by atoms with E-state index < -0.39 is 0 Å². The fraction of sp³-hybridized carbons (Fsp3) is 0.400. The number of hydrogen-bond donors (Lipinski definition) is 0. The first-order chi connectivity index (χ1) is 14.2. The Bertz CT molecular complexity index is 860. The topological polar surface area (TPSA) is 38.5 Å². The van der Waals surface area contributed by atoms with Crippen molar-refractivity contribution in [3.05, 3.63) is 60.0 Å². The van der Waals surface area contributed by atoms with Crippen LogP contribution >= 0.6 is 0 Å². The van der Waals surface area contributed by atoms with E-state index in [1.807, 2.05) is 48.6 Å². The van der Waals surface area contributed by atoms with Crippen LogP contribution in [0.4, 0.5) is 0 Å². The molecule has 3 rings (SSSR count). The van der Waals surface area contributed by atoms with Crippen molar-refractivity contribution in [2.75, 3.05) is 19.7 Å². The van der Waals surface area contributed by atoms with Gasteiger partial charge >= 0.3 is 0 Å². The highest BCUT2D eigenvalue weighted by Gasteiger charge is 2.12. The van der Waals surface area contributed by atoms with E-state index in [1.165, 1.54) is 12.8 Å². The molecule has 0 aliphatic carbocycles. The van der Waals surface area contributed by atoms with E-state index >= 15 is 0 Å². The lowest BCUT2D eigenvalue weighted by Crippen LogP contribution is -2.35. The molecule has 0 fully saturated rings. The molecule has 29 heavy (non-hydrogen) atoms. The molecule has 4 heteroatoms. The summed E-state index contributed by atoms with van der Waals surface area (Å²) >= 11 is 0. The normalized spacial score (nSPS) is 12.8. The minimum Gasteiger partial charge on any atom is -0.494 e. The molecule has 2 aromatic carbocycles. The maximum atomic E-state index is 5.96. The molecular weight excluding hydrogens is 360 g/mol. The van der Waals surface area contributed by atoms with Gasteiger partial charge in [-0.05, 0) is 75.2 Å². The van der Waals surface area contributed by atoms with Gasteiger partial charge in [0.25, 0.3) is 0 Å². The molecular formula is C25H32N2O2. The molecule has 1 heterocycles. The Hall–Kier alpha value is -2.59. The van der Waals surface area contributed by atoms with Gasteiger partial charge in [-0.25, -0.2) is 4.98 Å². The second kappa shape index (κ2) is 10.8. The molecule has 0 aliphatic heterocycles. The number of ether oxygens (including phenoxy) is 1. The van der Waals surface area contributed by atoms with Crippen molar-refractivity contribution in [3.8, 4) is 5.75 Å². The summed E-state index contributed by atoms with van der Waals surface area (Å²) < 4.78 is 11.7. The third-order valence-electron chi connectivity index (χ3n) is 5.06. The molecule has 0 bridgehead atoms. The number of nitrogens with zero attached hydrogens (tertiary/aromatic N) is 2. The van der Waals surface area contributed by atoms with Gasteiger partial charge in [0.1, 0.15) is 11.3 Å². The quantitative estimate of drug-likeness (QED) is 0.385. The maximum Gasteiger partial charge on any atom is 0.220 e. The summed E-state index contributed by atoms with van der Waals surface area (Å²) in [5.74, 6) is 1.53. The fourth-order valence-corrected chi connectivity index (χ4v) is 3.46. The van der Waals surface area contributed by atoms with Crippen LogP contribution in [-0.2, 0) is 0 Å². The zero-order valence-corrected chi connectivity index (χ0v) is 17.8. The van der Waals surface area contributed by atoms with Gasteiger partial charge in [-0.2, -0.15) is 0 Å². The minimum absolute atomic E-state index is 0.549. The molecule has 1 atom stereocenters. The van der Waals surface area contributed by atoms with Gasteiger partial charge in [-0.1, -0.05) is 38.1 Å². The number of fused-ring (bicyclic) bond motifs is 1. The Kier molecular flexibility index (Phi) is 7.88. The molecule has 0 aliphatic rings. The number of benzene rings is 2. The molecule has 0 spiro atoms. The largest absolute Gasteiger partial charge is 0.494 e. The Labute approximate surface area is 174 Å². The Morgan fingerprint density at radius 1 is 1.00 bits per heavy atom. The summed E-state index contributed by atoms with van der Waals surface area (Å²) in [5.41, 5.74) is 2.77. The number of para-hydroxylation sites is 2. The van der Waals surface area contributed by atoms with Crippen LogP contribution in [0.15, 0.2) is 52.9 Å². The second-order valence-electron chi connectivity index (χ2n) is 7.44. The highest BCUT2D eigenvalue weighted by molar-refractivity contribution is 5.75. The Morgan fingerprint density at radius 2 is 1.72 bits per heavy atom. The molecule has 4 nitrogen and oxygen atoms in total. The van der Waals surface area contributed by atoms with E-state index in [4.69, 9.17) is 9.15 Å². The zero-order chi connectivity index (χ0) is 20.5. The lowest BCUT2D eigenvalue weighted by atomic mass is 10.2. The molecule has 154 valence electrons. The SMILES string of the molecule is CCCN(CCC)C(C)CCOc1ccc(C=Cc2nc3ccccc3o2)cc1. The molecule has 0 saturated carbocycles. The summed E-state index contributed by atoms with van der Waals surface area (Å²) in [5, 5.41) is 0. The zero-order valence-electron chi connectivity index (χ0n) is 17.8. The number of hydrogen-bond acceptors (Lipinski definition) is 4. The predicted molar refractivity (Wildman–Crippen MR) is 121 cm³/mol. The van der Waals surface area contributed by atoms with Crippen LogP contribution in [0.5, 0.6) is 5.75 Å². The molecule has 1 unspecified atom stereocenters. The Morgan fingerprint density at radius 3 is 2.41 bits per heavy atom. The van der Waals surface area contributed by atoms with Crippen molar-refractivity contribution in [2.45, 2.75) is 46.1 Å². The number of aromatic nitrogens is 1. The van der Waals surface area contributed by atoms with E-state index in [1.54, 1.807) is 0 Å². The van der Waals surface area contributed by atoms with Gasteiger partial charge in [0.2, 0.25) is 5.89 Å². The second-order valence-corrected chi connectivity index (χ2v) is 7.44. The summed E-state index contributed by atoms with van der Waals surface area (Å²) in [6.07, 6.45) is 7.34. The van der Waals surface area contributed by atoms with Crippen LogP contribution in [0.25, 0.3) is 23.3 Å². The molecule has 0 radical (unpaired) electrons. The third-order valence-corrected chi connectivity index (χ3v) is 5.06. The fourth-order valence-electron chi connectivity index (χ4n) is 3.46. The van der Waals surface area contributed by atoms with Gasteiger partial charge in [0.15, 0.2) is 5.58 Å². The molecule has 0 N–H and O–H groups in total. The smallest absolute Gasteiger partial charge is 0.220 e. The van der Waals surface area contributed by atoms with Crippen LogP contribution in [0, 0.1) is 0 Å². The monoisotopic (exact) mass is 392 g/mol. The van der Waals surface area contributed by atoms with Gasteiger partial charge in [0, 0.05) is 12.1 Å². The third kappa shape index (κ3) is 6.20. The summed E-state index contributed by atoms with van der Waals surface area (Å²) in [6, 6.07) is 16.5. The van der Waals surface area contributed by atoms with Crippen LogP contribution in [0.3, 0.4) is 0 Å². The molecule has 0 saturated heterocycles. The van der Waals surface area contributed by atoms with Gasteiger partial charge in [-0.3, -0.25) is 0 Å². The van der Waals surface area contributed by atoms with Gasteiger partial charge < -0.3 is 14.1 Å². The lowest BCUT2D eigenvalue weighted by molar-refractivity contribution is 0.174. The van der Waals surface area contributed by atoms with Crippen LogP contribution in [-0.4, -0.2) is 35.6 Å². The van der Waals surface area contributed by atoms with Crippen LogP contribution in [0.2, 0.25) is 0 Å². The van der Waals surface area contributed by atoms with E-state index in [-0.39, 0.29) is 0 Å². The molecule has 1 aromatic heterocycles. The highest BCUT2D eigenvalue weighted by atomic mass is 16.5. The van der Waals surface area contributed by atoms with Crippen molar-refractivity contribution in [1.29, 1.82) is 0 Å². The van der Waals surface area contributed by atoms with Crippen molar-refractivity contribution in [3.63, 3.8) is 0 Å². The first-order valence-electron chi connectivity index (χ1n) is 10.7. The lowest BCUT2D eigenvalue weighted by Gasteiger charge is -2.28. The first kappa shape index (κ1) is 21.1. The van der Waals surface area contributed by atoms with Crippen molar-refractivity contribution < 1.29 is 9.15 Å². The van der Waals surface area contributed by atoms with Crippen molar-refractivity contribution >= 4 is 23.3 Å². The highest BCUT2D eigenvalue weighted by Crippen LogP contribution is 2.18. The van der Waals surface area contributed by atoms with E-state index in [0.717, 1.165) is 48.5 Å². The molecule has 3 aromatic rings. The van der Waals surface area contributed by atoms with Crippen molar-refractivity contribution in [1.82, 2.24) is 9.88 Å². The van der Waals surface area contributed by atoms with Gasteiger partial charge in [0.05, 0.1) is 6.61 Å². The van der Waals surface area contributed by atoms with E-state index in [0.29, 0.717) is 11.9 Å².